The van der Waals surface area contributed by atoms with Gasteiger partial charge in [-0.3, -0.25) is 4.79 Å². The van der Waals surface area contributed by atoms with Crippen LogP contribution >= 0.6 is 12.6 Å². The molecule has 2 rings (SSSR count). The molecule has 0 saturated carbocycles. The van der Waals surface area contributed by atoms with Crippen LogP contribution < -0.4 is 0 Å². The maximum absolute atomic E-state index is 12.5. The highest BCUT2D eigenvalue weighted by atomic mass is 32.1. The van der Waals surface area contributed by atoms with Gasteiger partial charge >= 0.3 is 0 Å². The first-order valence-electron chi connectivity index (χ1n) is 6.59. The fraction of sp³-hybridized carbons (Fsp3) is 0.533. The van der Waals surface area contributed by atoms with Crippen LogP contribution in [0.1, 0.15) is 37.6 Å². The normalized spacial score (nSPS) is 28.2. The van der Waals surface area contributed by atoms with Crippen molar-refractivity contribution in [2.45, 2.75) is 38.1 Å². The lowest BCUT2D eigenvalue weighted by Crippen LogP contribution is -2.48. The lowest BCUT2D eigenvalue weighted by Gasteiger charge is -2.41. The highest BCUT2D eigenvalue weighted by Crippen LogP contribution is 2.28. The molecule has 1 heterocycles. The summed E-state index contributed by atoms with van der Waals surface area (Å²) in [5.74, 6) is 1.29. The summed E-state index contributed by atoms with van der Waals surface area (Å²) in [7, 11) is 0. The maximum Gasteiger partial charge on any atom is 0.254 e. The van der Waals surface area contributed by atoms with Crippen molar-refractivity contribution in [2.24, 2.45) is 11.8 Å². The maximum atomic E-state index is 12.5. The molecule has 1 aliphatic heterocycles. The summed E-state index contributed by atoms with van der Waals surface area (Å²) in [4.78, 5) is 15.4. The summed E-state index contributed by atoms with van der Waals surface area (Å²) in [5, 5.41) is 0. The van der Waals surface area contributed by atoms with E-state index in [1.54, 1.807) is 0 Å². The number of thiol groups is 1. The molecule has 3 atom stereocenters. The Bertz CT molecular complexity index is 446. The predicted octanol–water partition coefficient (Wildman–Crippen LogP) is 3.48. The first-order valence-corrected chi connectivity index (χ1v) is 7.03. The number of piperidine rings is 1. The van der Waals surface area contributed by atoms with Crippen LogP contribution in [-0.2, 0) is 0 Å². The van der Waals surface area contributed by atoms with Gasteiger partial charge in [0.25, 0.3) is 5.91 Å². The molecule has 0 radical (unpaired) electrons. The minimum atomic E-state index is 0.136. The SMILES string of the molecule is CC1CC(C)C(C)N(C(=O)c2cccc(S)c2)C1. The first kappa shape index (κ1) is 13.5. The van der Waals surface area contributed by atoms with Gasteiger partial charge in [0.1, 0.15) is 0 Å². The largest absolute Gasteiger partial charge is 0.335 e. The van der Waals surface area contributed by atoms with Crippen LogP contribution in [0.25, 0.3) is 0 Å². The molecular formula is C15H21NOS. The van der Waals surface area contributed by atoms with E-state index in [4.69, 9.17) is 0 Å². The number of rotatable bonds is 1. The Kier molecular flexibility index (Phi) is 4.00. The van der Waals surface area contributed by atoms with Gasteiger partial charge in [0.2, 0.25) is 0 Å². The highest BCUT2D eigenvalue weighted by molar-refractivity contribution is 7.80. The number of benzene rings is 1. The van der Waals surface area contributed by atoms with E-state index in [-0.39, 0.29) is 5.91 Å². The summed E-state index contributed by atoms with van der Waals surface area (Å²) in [6.07, 6.45) is 1.21. The van der Waals surface area contributed by atoms with Crippen LogP contribution in [0.4, 0.5) is 0 Å². The second kappa shape index (κ2) is 5.35. The van der Waals surface area contributed by atoms with E-state index in [1.165, 1.54) is 6.42 Å². The molecule has 0 aromatic heterocycles. The van der Waals surface area contributed by atoms with Gasteiger partial charge in [-0.1, -0.05) is 19.9 Å². The topological polar surface area (TPSA) is 20.3 Å². The van der Waals surface area contributed by atoms with E-state index in [2.05, 4.69) is 33.4 Å². The number of carbonyl (C=O) groups excluding carboxylic acids is 1. The van der Waals surface area contributed by atoms with E-state index in [1.807, 2.05) is 29.2 Å². The van der Waals surface area contributed by atoms with Crippen LogP contribution in [0.2, 0.25) is 0 Å². The Morgan fingerprint density at radius 3 is 2.72 bits per heavy atom. The van der Waals surface area contributed by atoms with Gasteiger partial charge in [-0.05, 0) is 43.4 Å². The minimum Gasteiger partial charge on any atom is -0.335 e. The Hall–Kier alpha value is -0.960. The molecule has 98 valence electrons. The molecular weight excluding hydrogens is 242 g/mol. The third kappa shape index (κ3) is 2.72. The molecule has 0 aliphatic carbocycles. The van der Waals surface area contributed by atoms with E-state index in [0.29, 0.717) is 17.9 Å². The molecule has 18 heavy (non-hydrogen) atoms. The lowest BCUT2D eigenvalue weighted by molar-refractivity contribution is 0.0455. The second-order valence-electron chi connectivity index (χ2n) is 5.57. The van der Waals surface area contributed by atoms with Crippen molar-refractivity contribution in [1.82, 2.24) is 4.90 Å². The van der Waals surface area contributed by atoms with Crippen molar-refractivity contribution >= 4 is 18.5 Å². The standard InChI is InChI=1S/C15H21NOS/c1-10-7-11(2)12(3)16(9-10)15(17)13-5-4-6-14(18)8-13/h4-6,8,10-12,18H,7,9H2,1-3H3. The predicted molar refractivity (Wildman–Crippen MR) is 77.1 cm³/mol. The molecule has 1 aliphatic rings. The van der Waals surface area contributed by atoms with Gasteiger partial charge in [0.05, 0.1) is 0 Å². The molecule has 0 spiro atoms. The minimum absolute atomic E-state index is 0.136. The molecule has 2 nitrogen and oxygen atoms in total. The Balaban J connectivity index is 2.22. The van der Waals surface area contributed by atoms with Crippen LogP contribution in [0.15, 0.2) is 29.2 Å². The van der Waals surface area contributed by atoms with Crippen molar-refractivity contribution in [3.8, 4) is 0 Å². The van der Waals surface area contributed by atoms with Crippen LogP contribution in [0.3, 0.4) is 0 Å². The molecule has 3 heteroatoms. The third-order valence-electron chi connectivity index (χ3n) is 3.95. The fourth-order valence-corrected chi connectivity index (χ4v) is 3.01. The fourth-order valence-electron chi connectivity index (χ4n) is 2.79. The average Bonchev–Trinajstić information content (AvgIpc) is 2.33. The van der Waals surface area contributed by atoms with Crippen LogP contribution in [0.5, 0.6) is 0 Å². The van der Waals surface area contributed by atoms with Gasteiger partial charge in [-0.15, -0.1) is 12.6 Å². The Morgan fingerprint density at radius 2 is 2.06 bits per heavy atom. The number of likely N-dealkylation sites (tertiary alicyclic amines) is 1. The Labute approximate surface area is 115 Å². The highest BCUT2D eigenvalue weighted by Gasteiger charge is 2.32. The molecule has 1 amide bonds. The molecule has 1 saturated heterocycles. The number of carbonyl (C=O) groups is 1. The molecule has 1 fully saturated rings. The Morgan fingerprint density at radius 1 is 1.33 bits per heavy atom. The number of hydrogen-bond donors (Lipinski definition) is 1. The van der Waals surface area contributed by atoms with Gasteiger partial charge in [0.15, 0.2) is 0 Å². The van der Waals surface area contributed by atoms with Crippen molar-refractivity contribution in [1.29, 1.82) is 0 Å². The van der Waals surface area contributed by atoms with E-state index < -0.39 is 0 Å². The van der Waals surface area contributed by atoms with E-state index in [0.717, 1.165) is 17.0 Å². The van der Waals surface area contributed by atoms with Gasteiger partial charge in [-0.2, -0.15) is 0 Å². The van der Waals surface area contributed by atoms with Crippen molar-refractivity contribution in [2.75, 3.05) is 6.54 Å². The zero-order valence-corrected chi connectivity index (χ0v) is 12.2. The summed E-state index contributed by atoms with van der Waals surface area (Å²) < 4.78 is 0. The summed E-state index contributed by atoms with van der Waals surface area (Å²) in [6.45, 7) is 7.47. The van der Waals surface area contributed by atoms with Gasteiger partial charge < -0.3 is 4.90 Å². The summed E-state index contributed by atoms with van der Waals surface area (Å²) in [5.41, 5.74) is 0.746. The quantitative estimate of drug-likeness (QED) is 0.769. The lowest BCUT2D eigenvalue weighted by atomic mass is 9.85. The first-order chi connectivity index (χ1) is 8.49. The van der Waals surface area contributed by atoms with Gasteiger partial charge in [0, 0.05) is 23.0 Å². The van der Waals surface area contributed by atoms with Gasteiger partial charge in [-0.25, -0.2) is 0 Å². The van der Waals surface area contributed by atoms with Crippen molar-refractivity contribution < 1.29 is 4.79 Å². The van der Waals surface area contributed by atoms with Crippen LogP contribution in [0, 0.1) is 11.8 Å². The molecule has 0 bridgehead atoms. The zero-order chi connectivity index (χ0) is 13.3. The number of hydrogen-bond acceptors (Lipinski definition) is 2. The van der Waals surface area contributed by atoms with E-state index in [9.17, 15) is 4.79 Å². The van der Waals surface area contributed by atoms with Crippen molar-refractivity contribution in [3.63, 3.8) is 0 Å². The summed E-state index contributed by atoms with van der Waals surface area (Å²) in [6, 6.07) is 7.82. The number of amides is 1. The molecule has 3 unspecified atom stereocenters. The van der Waals surface area contributed by atoms with E-state index >= 15 is 0 Å². The smallest absolute Gasteiger partial charge is 0.254 e. The van der Waals surface area contributed by atoms with Crippen LogP contribution in [-0.4, -0.2) is 23.4 Å². The molecule has 1 aromatic carbocycles. The third-order valence-corrected chi connectivity index (χ3v) is 4.23. The van der Waals surface area contributed by atoms with Crippen molar-refractivity contribution in [3.05, 3.63) is 29.8 Å². The zero-order valence-electron chi connectivity index (χ0n) is 11.3. The summed E-state index contributed by atoms with van der Waals surface area (Å²) >= 11 is 4.30. The number of nitrogens with zero attached hydrogens (tertiary/aromatic N) is 1. The molecule has 0 N–H and O–H groups in total. The second-order valence-corrected chi connectivity index (χ2v) is 6.08. The average molecular weight is 263 g/mol. The molecule has 1 aromatic rings. The monoisotopic (exact) mass is 263 g/mol.